The monoisotopic (exact) mass is 408 g/mol. The van der Waals surface area contributed by atoms with E-state index in [1.54, 1.807) is 4.90 Å². The van der Waals surface area contributed by atoms with Crippen LogP contribution in [0.15, 0.2) is 53.7 Å². The van der Waals surface area contributed by atoms with Crippen molar-refractivity contribution in [2.75, 3.05) is 17.8 Å². The Morgan fingerprint density at radius 1 is 1.17 bits per heavy atom. The largest absolute Gasteiger partial charge is 0.493 e. The van der Waals surface area contributed by atoms with E-state index in [1.807, 2.05) is 61.7 Å². The number of fused-ring (bicyclic) bond motifs is 3. The van der Waals surface area contributed by atoms with Crippen LogP contribution in [0.2, 0.25) is 0 Å². The summed E-state index contributed by atoms with van der Waals surface area (Å²) in [5.74, 6) is 0.816. The van der Waals surface area contributed by atoms with Gasteiger partial charge < -0.3 is 9.47 Å². The first-order chi connectivity index (χ1) is 14.1. The Balaban J connectivity index is 1.97. The molecule has 0 bridgehead atoms. The highest BCUT2D eigenvalue weighted by molar-refractivity contribution is 7.98. The zero-order chi connectivity index (χ0) is 20.4. The van der Waals surface area contributed by atoms with Crippen LogP contribution in [0.25, 0.3) is 11.3 Å². The topological polar surface area (TPSA) is 77.4 Å². The molecule has 148 valence electrons. The average Bonchev–Trinajstić information content (AvgIpc) is 2.88. The van der Waals surface area contributed by atoms with Crippen LogP contribution in [-0.4, -0.2) is 34.0 Å². The molecule has 0 saturated carbocycles. The molecule has 3 aromatic rings. The van der Waals surface area contributed by atoms with Crippen LogP contribution in [0.5, 0.6) is 11.6 Å². The molecule has 1 aliphatic rings. The van der Waals surface area contributed by atoms with Gasteiger partial charge in [-0.2, -0.15) is 4.98 Å². The SMILES string of the molecule is CCOc1ccccc1[C@H]1Oc2nc(SC)nnc2-c2ccccc2N1C(C)=O. The van der Waals surface area contributed by atoms with Crippen LogP contribution in [0, 0.1) is 0 Å². The number of benzene rings is 2. The maximum absolute atomic E-state index is 12.8. The molecule has 4 rings (SSSR count). The summed E-state index contributed by atoms with van der Waals surface area (Å²) < 4.78 is 12.1. The number of amides is 1. The van der Waals surface area contributed by atoms with Crippen LogP contribution in [0.4, 0.5) is 5.69 Å². The van der Waals surface area contributed by atoms with Gasteiger partial charge in [-0.15, -0.1) is 10.2 Å². The molecule has 0 saturated heterocycles. The first-order valence-electron chi connectivity index (χ1n) is 9.20. The van der Waals surface area contributed by atoms with E-state index in [9.17, 15) is 4.79 Å². The molecular weight excluding hydrogens is 388 g/mol. The van der Waals surface area contributed by atoms with Crippen LogP contribution in [-0.2, 0) is 4.79 Å². The summed E-state index contributed by atoms with van der Waals surface area (Å²) in [5, 5.41) is 9.00. The summed E-state index contributed by atoms with van der Waals surface area (Å²) in [6.45, 7) is 3.93. The third-order valence-corrected chi connectivity index (χ3v) is 5.06. The van der Waals surface area contributed by atoms with E-state index in [-0.39, 0.29) is 5.91 Å². The maximum Gasteiger partial charge on any atom is 0.247 e. The standard InChI is InChI=1S/C21H20N4O3S/c1-4-27-17-12-8-6-10-15(17)20-25(13(2)26)16-11-7-5-9-14(16)18-19(28-20)22-21(29-3)24-23-18/h5-12,20H,4H2,1-3H3/t20-/m1/s1. The van der Waals surface area contributed by atoms with Gasteiger partial charge in [0.1, 0.15) is 5.75 Å². The fraction of sp³-hybridized carbons (Fsp3) is 0.238. The Labute approximate surface area is 173 Å². The summed E-state index contributed by atoms with van der Waals surface area (Å²) in [5.41, 5.74) is 2.65. The highest BCUT2D eigenvalue weighted by Crippen LogP contribution is 2.44. The molecule has 0 radical (unpaired) electrons. The molecule has 1 aromatic heterocycles. The van der Waals surface area contributed by atoms with Gasteiger partial charge in [0.15, 0.2) is 5.69 Å². The van der Waals surface area contributed by atoms with Crippen molar-refractivity contribution in [3.63, 3.8) is 0 Å². The van der Waals surface area contributed by atoms with Crippen molar-refractivity contribution in [3.05, 3.63) is 54.1 Å². The molecule has 0 spiro atoms. The Bertz CT molecular complexity index is 1060. The molecule has 0 N–H and O–H groups in total. The molecule has 8 heteroatoms. The van der Waals surface area contributed by atoms with Gasteiger partial charge in [-0.25, -0.2) is 0 Å². The number of hydrogen-bond acceptors (Lipinski definition) is 7. The minimum atomic E-state index is -0.760. The molecule has 1 aliphatic heterocycles. The fourth-order valence-electron chi connectivity index (χ4n) is 3.31. The van der Waals surface area contributed by atoms with Crippen LogP contribution < -0.4 is 14.4 Å². The second-order valence-electron chi connectivity index (χ2n) is 6.30. The van der Waals surface area contributed by atoms with Gasteiger partial charge in [0.05, 0.1) is 17.9 Å². The number of rotatable bonds is 4. The highest BCUT2D eigenvalue weighted by atomic mass is 32.2. The Kier molecular flexibility index (Phi) is 5.35. The number of nitrogens with zero attached hydrogens (tertiary/aromatic N) is 4. The quantitative estimate of drug-likeness (QED) is 0.601. The second kappa shape index (κ2) is 8.08. The lowest BCUT2D eigenvalue weighted by Crippen LogP contribution is -2.36. The Morgan fingerprint density at radius 3 is 2.69 bits per heavy atom. The van der Waals surface area contributed by atoms with Crippen molar-refractivity contribution in [2.45, 2.75) is 25.2 Å². The number of carbonyl (C=O) groups is 1. The second-order valence-corrected chi connectivity index (χ2v) is 7.07. The van der Waals surface area contributed by atoms with E-state index in [2.05, 4.69) is 15.2 Å². The highest BCUT2D eigenvalue weighted by Gasteiger charge is 2.35. The average molecular weight is 408 g/mol. The van der Waals surface area contributed by atoms with Gasteiger partial charge >= 0.3 is 0 Å². The van der Waals surface area contributed by atoms with E-state index in [0.29, 0.717) is 34.8 Å². The van der Waals surface area contributed by atoms with Crippen molar-refractivity contribution in [3.8, 4) is 22.9 Å². The third-order valence-electron chi connectivity index (χ3n) is 4.52. The molecule has 1 amide bonds. The van der Waals surface area contributed by atoms with Gasteiger partial charge in [0, 0.05) is 12.5 Å². The zero-order valence-corrected chi connectivity index (χ0v) is 17.1. The predicted octanol–water partition coefficient (Wildman–Crippen LogP) is 4.10. The molecular formula is C21H20N4O3S. The summed E-state index contributed by atoms with van der Waals surface area (Å²) in [6, 6.07) is 15.1. The number of ether oxygens (including phenoxy) is 2. The summed E-state index contributed by atoms with van der Waals surface area (Å²) in [6.07, 6.45) is 1.11. The molecule has 0 unspecified atom stereocenters. The van der Waals surface area contributed by atoms with Gasteiger partial charge in [0.2, 0.25) is 23.2 Å². The molecule has 2 heterocycles. The lowest BCUT2D eigenvalue weighted by atomic mass is 10.1. The molecule has 0 fully saturated rings. The number of carbonyl (C=O) groups excluding carboxylic acids is 1. The normalized spacial score (nSPS) is 15.0. The first-order valence-corrected chi connectivity index (χ1v) is 10.4. The van der Waals surface area contributed by atoms with Crippen LogP contribution >= 0.6 is 11.8 Å². The van der Waals surface area contributed by atoms with Gasteiger partial charge in [-0.3, -0.25) is 9.69 Å². The van der Waals surface area contributed by atoms with E-state index < -0.39 is 6.23 Å². The molecule has 29 heavy (non-hydrogen) atoms. The molecule has 7 nitrogen and oxygen atoms in total. The third kappa shape index (κ3) is 3.51. The predicted molar refractivity (Wildman–Crippen MR) is 111 cm³/mol. The number of thioether (sulfide) groups is 1. The van der Waals surface area contributed by atoms with Gasteiger partial charge in [-0.1, -0.05) is 42.1 Å². The van der Waals surface area contributed by atoms with Crippen molar-refractivity contribution in [1.29, 1.82) is 0 Å². The Hall–Kier alpha value is -3.13. The van der Waals surface area contributed by atoms with Crippen molar-refractivity contribution in [1.82, 2.24) is 15.2 Å². The molecule has 2 aromatic carbocycles. The molecule has 1 atom stereocenters. The van der Waals surface area contributed by atoms with E-state index in [0.717, 1.165) is 11.1 Å². The van der Waals surface area contributed by atoms with E-state index >= 15 is 0 Å². The lowest BCUT2D eigenvalue weighted by molar-refractivity contribution is -0.118. The number of aromatic nitrogens is 3. The minimum absolute atomic E-state index is 0.167. The summed E-state index contributed by atoms with van der Waals surface area (Å²) in [7, 11) is 0. The van der Waals surface area contributed by atoms with Gasteiger partial charge in [-0.05, 0) is 31.4 Å². The lowest BCUT2D eigenvalue weighted by Gasteiger charge is -2.30. The van der Waals surface area contributed by atoms with Crippen LogP contribution in [0.1, 0.15) is 25.6 Å². The first kappa shape index (κ1) is 19.2. The van der Waals surface area contributed by atoms with E-state index in [4.69, 9.17) is 9.47 Å². The van der Waals surface area contributed by atoms with E-state index in [1.165, 1.54) is 18.7 Å². The number of para-hydroxylation sites is 2. The van der Waals surface area contributed by atoms with Crippen LogP contribution in [0.3, 0.4) is 0 Å². The summed E-state index contributed by atoms with van der Waals surface area (Å²) in [4.78, 5) is 18.9. The molecule has 0 aliphatic carbocycles. The summed E-state index contributed by atoms with van der Waals surface area (Å²) >= 11 is 1.38. The van der Waals surface area contributed by atoms with Crippen molar-refractivity contribution >= 4 is 23.4 Å². The Morgan fingerprint density at radius 2 is 1.93 bits per heavy atom. The fourth-order valence-corrected chi connectivity index (χ4v) is 3.61. The number of hydrogen-bond donors (Lipinski definition) is 0. The van der Waals surface area contributed by atoms with Crippen molar-refractivity contribution in [2.24, 2.45) is 0 Å². The zero-order valence-electron chi connectivity index (χ0n) is 16.3. The van der Waals surface area contributed by atoms with Gasteiger partial charge in [0.25, 0.3) is 0 Å². The minimum Gasteiger partial charge on any atom is -0.493 e. The smallest absolute Gasteiger partial charge is 0.247 e. The number of anilines is 1. The maximum atomic E-state index is 12.8. The van der Waals surface area contributed by atoms with Crippen molar-refractivity contribution < 1.29 is 14.3 Å².